The summed E-state index contributed by atoms with van der Waals surface area (Å²) in [6.45, 7) is 2.64. The van der Waals surface area contributed by atoms with Crippen molar-refractivity contribution in [1.82, 2.24) is 4.90 Å². The molecule has 1 heterocycles. The molecule has 0 aromatic heterocycles. The van der Waals surface area contributed by atoms with Crippen molar-refractivity contribution in [3.05, 3.63) is 95.8 Å². The largest absolute Gasteiger partial charge is 0.497 e. The number of carbonyl (C=O) groups is 1. The number of likely N-dealkylation sites (tertiary alicyclic amines) is 1. The van der Waals surface area contributed by atoms with E-state index >= 15 is 0 Å². The second kappa shape index (κ2) is 9.75. The number of benzene rings is 3. The minimum atomic E-state index is -0.302. The quantitative estimate of drug-likeness (QED) is 0.555. The molecule has 0 saturated carbocycles. The van der Waals surface area contributed by atoms with Crippen molar-refractivity contribution in [3.8, 4) is 5.75 Å². The van der Waals surface area contributed by atoms with E-state index in [2.05, 4.69) is 17.0 Å². The number of halogens is 1. The monoisotopic (exact) mass is 418 g/mol. The number of rotatable bonds is 6. The van der Waals surface area contributed by atoms with Gasteiger partial charge in [-0.3, -0.25) is 9.69 Å². The zero-order valence-corrected chi connectivity index (χ0v) is 17.7. The van der Waals surface area contributed by atoms with Gasteiger partial charge < -0.3 is 9.64 Å². The molecule has 4 rings (SSSR count). The van der Waals surface area contributed by atoms with Crippen LogP contribution in [0.3, 0.4) is 0 Å². The summed E-state index contributed by atoms with van der Waals surface area (Å²) in [7, 11) is 1.68. The summed E-state index contributed by atoms with van der Waals surface area (Å²) in [5.41, 5.74) is 2.60. The fourth-order valence-corrected chi connectivity index (χ4v) is 4.18. The molecule has 1 aliphatic heterocycles. The molecule has 0 radical (unpaired) electrons. The van der Waals surface area contributed by atoms with Crippen molar-refractivity contribution in [1.29, 1.82) is 0 Å². The molecule has 0 bridgehead atoms. The summed E-state index contributed by atoms with van der Waals surface area (Å²) in [5.74, 6) is 0.519. The number of hydrogen-bond acceptors (Lipinski definition) is 3. The maximum Gasteiger partial charge on any atom is 0.258 e. The maximum absolute atomic E-state index is 13.5. The third kappa shape index (κ3) is 5.12. The number of anilines is 1. The van der Waals surface area contributed by atoms with E-state index in [0.29, 0.717) is 5.56 Å². The second-order valence-corrected chi connectivity index (χ2v) is 7.88. The van der Waals surface area contributed by atoms with Crippen molar-refractivity contribution >= 4 is 11.6 Å². The topological polar surface area (TPSA) is 32.8 Å². The number of piperidine rings is 1. The molecule has 1 aliphatic rings. The molecule has 1 fully saturated rings. The molecule has 1 amide bonds. The van der Waals surface area contributed by atoms with Crippen LogP contribution in [0, 0.1) is 5.82 Å². The van der Waals surface area contributed by atoms with Gasteiger partial charge in [-0.1, -0.05) is 30.3 Å². The molecule has 3 aromatic carbocycles. The van der Waals surface area contributed by atoms with Crippen LogP contribution in [0.5, 0.6) is 5.75 Å². The Morgan fingerprint density at radius 2 is 1.71 bits per heavy atom. The summed E-state index contributed by atoms with van der Waals surface area (Å²) >= 11 is 0. The van der Waals surface area contributed by atoms with E-state index < -0.39 is 0 Å². The van der Waals surface area contributed by atoms with E-state index in [0.717, 1.165) is 43.9 Å². The molecule has 4 nitrogen and oxygen atoms in total. The van der Waals surface area contributed by atoms with Gasteiger partial charge in [-0.2, -0.15) is 0 Å². The number of methoxy groups -OCH3 is 1. The van der Waals surface area contributed by atoms with Crippen LogP contribution >= 0.6 is 0 Å². The second-order valence-electron chi connectivity index (χ2n) is 7.88. The van der Waals surface area contributed by atoms with Gasteiger partial charge in [0.2, 0.25) is 0 Å². The number of amides is 1. The lowest BCUT2D eigenvalue weighted by Gasteiger charge is -2.38. The first-order chi connectivity index (χ1) is 15.1. The third-order valence-corrected chi connectivity index (χ3v) is 5.81. The highest BCUT2D eigenvalue weighted by Gasteiger charge is 2.30. The van der Waals surface area contributed by atoms with Gasteiger partial charge in [0.25, 0.3) is 5.91 Å². The zero-order valence-electron chi connectivity index (χ0n) is 17.7. The lowest BCUT2D eigenvalue weighted by molar-refractivity contribution is 0.0958. The zero-order chi connectivity index (χ0) is 21.6. The lowest BCUT2D eigenvalue weighted by atomic mass is 10.00. The molecule has 0 N–H and O–H groups in total. The normalized spacial score (nSPS) is 14.9. The van der Waals surface area contributed by atoms with E-state index in [4.69, 9.17) is 4.74 Å². The third-order valence-electron chi connectivity index (χ3n) is 5.81. The van der Waals surface area contributed by atoms with Crippen molar-refractivity contribution < 1.29 is 13.9 Å². The van der Waals surface area contributed by atoms with Crippen LogP contribution in [-0.4, -0.2) is 37.0 Å². The fourth-order valence-electron chi connectivity index (χ4n) is 4.18. The molecule has 0 unspecified atom stereocenters. The molecule has 31 heavy (non-hydrogen) atoms. The smallest absolute Gasteiger partial charge is 0.258 e. The van der Waals surface area contributed by atoms with E-state index in [1.54, 1.807) is 19.2 Å². The predicted molar refractivity (Wildman–Crippen MR) is 121 cm³/mol. The number of carbonyl (C=O) groups excluding carboxylic acids is 1. The van der Waals surface area contributed by atoms with Gasteiger partial charge >= 0.3 is 0 Å². The molecular weight excluding hydrogens is 391 g/mol. The summed E-state index contributed by atoms with van der Waals surface area (Å²) in [4.78, 5) is 17.6. The van der Waals surface area contributed by atoms with Gasteiger partial charge in [-0.05, 0) is 66.9 Å². The summed E-state index contributed by atoms with van der Waals surface area (Å²) in [6.07, 6.45) is 1.72. The van der Waals surface area contributed by atoms with Crippen molar-refractivity contribution in [2.45, 2.75) is 25.4 Å². The number of ether oxygens (including phenoxy) is 1. The molecule has 160 valence electrons. The molecular formula is C26H27FN2O2. The van der Waals surface area contributed by atoms with Gasteiger partial charge in [0.15, 0.2) is 0 Å². The van der Waals surface area contributed by atoms with Crippen LogP contribution in [0.4, 0.5) is 10.1 Å². The van der Waals surface area contributed by atoms with Crippen LogP contribution < -0.4 is 9.64 Å². The summed E-state index contributed by atoms with van der Waals surface area (Å²) in [6, 6.07) is 23.7. The Morgan fingerprint density at radius 3 is 2.39 bits per heavy atom. The van der Waals surface area contributed by atoms with Gasteiger partial charge in [0.1, 0.15) is 11.6 Å². The molecule has 5 heteroatoms. The fraction of sp³-hybridized carbons (Fsp3) is 0.269. The van der Waals surface area contributed by atoms with Crippen LogP contribution in [0.2, 0.25) is 0 Å². The Balaban J connectivity index is 1.49. The van der Waals surface area contributed by atoms with Crippen LogP contribution in [0.1, 0.15) is 28.8 Å². The first kappa shape index (κ1) is 21.1. The summed E-state index contributed by atoms with van der Waals surface area (Å²) in [5, 5.41) is 0. The molecule has 0 aliphatic carbocycles. The van der Waals surface area contributed by atoms with Crippen LogP contribution in [0.25, 0.3) is 0 Å². The highest BCUT2D eigenvalue weighted by Crippen LogP contribution is 2.27. The predicted octanol–water partition coefficient (Wildman–Crippen LogP) is 5.15. The molecule has 3 aromatic rings. The van der Waals surface area contributed by atoms with Crippen molar-refractivity contribution in [2.75, 3.05) is 25.1 Å². The summed E-state index contributed by atoms with van der Waals surface area (Å²) < 4.78 is 18.8. The minimum Gasteiger partial charge on any atom is -0.497 e. The van der Waals surface area contributed by atoms with Crippen LogP contribution in [0.15, 0.2) is 78.9 Å². The van der Waals surface area contributed by atoms with Gasteiger partial charge in [0, 0.05) is 36.9 Å². The highest BCUT2D eigenvalue weighted by molar-refractivity contribution is 6.06. The van der Waals surface area contributed by atoms with Gasteiger partial charge in [0.05, 0.1) is 7.11 Å². The first-order valence-corrected chi connectivity index (χ1v) is 10.6. The molecule has 0 atom stereocenters. The highest BCUT2D eigenvalue weighted by atomic mass is 19.1. The van der Waals surface area contributed by atoms with Gasteiger partial charge in [-0.15, -0.1) is 0 Å². The van der Waals surface area contributed by atoms with E-state index in [-0.39, 0.29) is 17.8 Å². The van der Waals surface area contributed by atoms with Crippen molar-refractivity contribution in [3.63, 3.8) is 0 Å². The minimum absolute atomic E-state index is 0.0431. The first-order valence-electron chi connectivity index (χ1n) is 10.6. The van der Waals surface area contributed by atoms with E-state index in [1.165, 1.54) is 17.7 Å². The molecule has 1 saturated heterocycles. The molecule has 0 spiro atoms. The Labute approximate surface area is 182 Å². The maximum atomic E-state index is 13.5. The Bertz CT molecular complexity index is 999. The average Bonchev–Trinajstić information content (AvgIpc) is 2.82. The Morgan fingerprint density at radius 1 is 1.00 bits per heavy atom. The van der Waals surface area contributed by atoms with Gasteiger partial charge in [-0.25, -0.2) is 4.39 Å². The van der Waals surface area contributed by atoms with E-state index in [9.17, 15) is 9.18 Å². The number of hydrogen-bond donors (Lipinski definition) is 0. The van der Waals surface area contributed by atoms with E-state index in [1.807, 2.05) is 47.4 Å². The standard InChI is InChI=1S/C26H27FN2O2/c1-31-25-9-5-6-20(18-25)19-28-16-14-24(15-17-28)29(23-12-10-22(27)11-13-23)26(30)21-7-3-2-4-8-21/h2-13,18,24H,14-17,19H2,1H3. The Kier molecular flexibility index (Phi) is 6.63. The SMILES string of the molecule is COc1cccc(CN2CCC(N(C(=O)c3ccccc3)c3ccc(F)cc3)CC2)c1. The number of nitrogens with zero attached hydrogens (tertiary/aromatic N) is 2. The van der Waals surface area contributed by atoms with Crippen molar-refractivity contribution in [2.24, 2.45) is 0 Å². The van der Waals surface area contributed by atoms with Crippen LogP contribution in [-0.2, 0) is 6.54 Å². The Hall–Kier alpha value is -3.18. The lowest BCUT2D eigenvalue weighted by Crippen LogP contribution is -2.47. The average molecular weight is 419 g/mol.